The molecule has 1 N–H and O–H groups in total. The smallest absolute Gasteiger partial charge is 0.257 e. The number of aromatic nitrogens is 2. The maximum atomic E-state index is 5.48. The molecule has 1 fully saturated rings. The number of piperazine rings is 1. The molecule has 1 saturated heterocycles. The van der Waals surface area contributed by atoms with Crippen LogP contribution < -0.4 is 5.32 Å². The normalized spacial score (nSPS) is 19.7. The molecule has 1 aromatic carbocycles. The third-order valence-corrected chi connectivity index (χ3v) is 3.92. The van der Waals surface area contributed by atoms with E-state index < -0.39 is 0 Å². The van der Waals surface area contributed by atoms with Gasteiger partial charge in [-0.15, -0.1) is 0 Å². The zero-order valence-electron chi connectivity index (χ0n) is 13.4. The first kappa shape index (κ1) is 15.1. The summed E-state index contributed by atoms with van der Waals surface area (Å²) in [7, 11) is 6.21. The van der Waals surface area contributed by atoms with E-state index in [0.717, 1.165) is 37.6 Å². The number of rotatable bonds is 4. The Balaban J connectivity index is 1.81. The Kier molecular flexibility index (Phi) is 4.52. The van der Waals surface area contributed by atoms with Gasteiger partial charge in [-0.1, -0.05) is 17.3 Å². The van der Waals surface area contributed by atoms with Gasteiger partial charge in [0.25, 0.3) is 5.89 Å². The zero-order chi connectivity index (χ0) is 15.5. The van der Waals surface area contributed by atoms with Gasteiger partial charge >= 0.3 is 0 Å². The molecule has 0 aliphatic carbocycles. The summed E-state index contributed by atoms with van der Waals surface area (Å²) in [6.45, 7) is 3.75. The van der Waals surface area contributed by atoms with E-state index in [1.54, 1.807) is 0 Å². The highest BCUT2D eigenvalue weighted by Gasteiger charge is 2.25. The van der Waals surface area contributed by atoms with Gasteiger partial charge in [-0.2, -0.15) is 4.98 Å². The van der Waals surface area contributed by atoms with Crippen LogP contribution in [0, 0.1) is 0 Å². The fourth-order valence-electron chi connectivity index (χ4n) is 2.75. The molecule has 3 rings (SSSR count). The van der Waals surface area contributed by atoms with Gasteiger partial charge < -0.3 is 14.7 Å². The quantitative estimate of drug-likeness (QED) is 0.920. The van der Waals surface area contributed by atoms with Crippen LogP contribution in [0.2, 0.25) is 0 Å². The van der Waals surface area contributed by atoms with Crippen molar-refractivity contribution in [2.75, 3.05) is 40.8 Å². The summed E-state index contributed by atoms with van der Waals surface area (Å²) in [5.74, 6) is 1.34. The summed E-state index contributed by atoms with van der Waals surface area (Å²) in [6, 6.07) is 8.45. The summed E-state index contributed by atoms with van der Waals surface area (Å²) in [5.41, 5.74) is 2.21. The molecular formula is C16H23N5O. The van der Waals surface area contributed by atoms with Crippen LogP contribution in [-0.2, 0) is 6.54 Å². The van der Waals surface area contributed by atoms with Gasteiger partial charge in [0.05, 0.1) is 6.04 Å². The average Bonchev–Trinajstić information content (AvgIpc) is 2.97. The molecule has 6 nitrogen and oxygen atoms in total. The monoisotopic (exact) mass is 301 g/mol. The lowest BCUT2D eigenvalue weighted by atomic mass is 10.1. The number of nitrogens with zero attached hydrogens (tertiary/aromatic N) is 4. The molecule has 1 aromatic heterocycles. The fourth-order valence-corrected chi connectivity index (χ4v) is 2.75. The number of benzene rings is 1. The minimum Gasteiger partial charge on any atom is -0.334 e. The van der Waals surface area contributed by atoms with Crippen LogP contribution in [0.5, 0.6) is 0 Å². The standard InChI is InChI=1S/C16H23N5O/c1-20(2)11-12-5-4-6-13(9-12)16-18-15(19-22-16)14-10-17-7-8-21(14)3/h4-6,9,14,17H,7-8,10-11H2,1-3H3. The molecule has 1 atom stereocenters. The van der Waals surface area contributed by atoms with Gasteiger partial charge in [0.1, 0.15) is 0 Å². The highest BCUT2D eigenvalue weighted by molar-refractivity contribution is 5.54. The van der Waals surface area contributed by atoms with Gasteiger partial charge in [-0.05, 0) is 38.8 Å². The average molecular weight is 301 g/mol. The van der Waals surface area contributed by atoms with Crippen LogP contribution >= 0.6 is 0 Å². The SMILES string of the molecule is CN(C)Cc1cccc(-c2nc(C3CNCCN3C)no2)c1. The molecular weight excluding hydrogens is 278 g/mol. The van der Waals surface area contributed by atoms with E-state index in [2.05, 4.69) is 58.5 Å². The number of likely N-dealkylation sites (N-methyl/N-ethyl adjacent to an activating group) is 1. The Bertz CT molecular complexity index is 625. The third-order valence-electron chi connectivity index (χ3n) is 3.92. The Morgan fingerprint density at radius 2 is 2.27 bits per heavy atom. The summed E-state index contributed by atoms with van der Waals surface area (Å²) < 4.78 is 5.48. The van der Waals surface area contributed by atoms with Gasteiger partial charge in [0.15, 0.2) is 5.82 Å². The first-order chi connectivity index (χ1) is 10.6. The van der Waals surface area contributed by atoms with Crippen LogP contribution in [0.15, 0.2) is 28.8 Å². The van der Waals surface area contributed by atoms with Gasteiger partial charge in [0.2, 0.25) is 0 Å². The topological polar surface area (TPSA) is 57.4 Å². The molecule has 0 saturated carbocycles. The number of nitrogens with one attached hydrogen (secondary N) is 1. The third kappa shape index (κ3) is 3.35. The predicted octanol–water partition coefficient (Wildman–Crippen LogP) is 1.37. The van der Waals surface area contributed by atoms with Crippen molar-refractivity contribution in [2.24, 2.45) is 0 Å². The number of hydrogen-bond acceptors (Lipinski definition) is 6. The molecule has 1 aliphatic rings. The van der Waals surface area contributed by atoms with E-state index in [9.17, 15) is 0 Å². The van der Waals surface area contributed by atoms with Crippen LogP contribution in [0.4, 0.5) is 0 Å². The van der Waals surface area contributed by atoms with E-state index in [0.29, 0.717) is 5.89 Å². The van der Waals surface area contributed by atoms with E-state index >= 15 is 0 Å². The van der Waals surface area contributed by atoms with E-state index in [1.807, 2.05) is 12.1 Å². The van der Waals surface area contributed by atoms with Crippen molar-refractivity contribution in [3.8, 4) is 11.5 Å². The molecule has 0 spiro atoms. The zero-order valence-corrected chi connectivity index (χ0v) is 13.4. The molecule has 1 aliphatic heterocycles. The molecule has 0 amide bonds. The maximum absolute atomic E-state index is 5.48. The van der Waals surface area contributed by atoms with Crippen LogP contribution in [0.1, 0.15) is 17.4 Å². The lowest BCUT2D eigenvalue weighted by Gasteiger charge is -2.30. The van der Waals surface area contributed by atoms with Gasteiger partial charge in [-0.25, -0.2) is 0 Å². The maximum Gasteiger partial charge on any atom is 0.257 e. The van der Waals surface area contributed by atoms with Crippen molar-refractivity contribution in [1.82, 2.24) is 25.3 Å². The van der Waals surface area contributed by atoms with E-state index in [1.165, 1.54) is 5.56 Å². The first-order valence-corrected chi connectivity index (χ1v) is 7.62. The molecule has 2 aromatic rings. The Morgan fingerprint density at radius 3 is 3.05 bits per heavy atom. The van der Waals surface area contributed by atoms with Gasteiger partial charge in [-0.3, -0.25) is 4.90 Å². The molecule has 118 valence electrons. The van der Waals surface area contributed by atoms with Crippen molar-refractivity contribution < 1.29 is 4.52 Å². The summed E-state index contributed by atoms with van der Waals surface area (Å²) in [6.07, 6.45) is 0. The molecule has 1 unspecified atom stereocenters. The minimum atomic E-state index is 0.177. The van der Waals surface area contributed by atoms with Gasteiger partial charge in [0, 0.05) is 31.7 Å². The second-order valence-electron chi connectivity index (χ2n) is 6.10. The summed E-state index contributed by atoms with van der Waals surface area (Å²) in [5, 5.41) is 7.55. The largest absolute Gasteiger partial charge is 0.334 e. The second-order valence-corrected chi connectivity index (χ2v) is 6.10. The highest BCUT2D eigenvalue weighted by atomic mass is 16.5. The molecule has 22 heavy (non-hydrogen) atoms. The molecule has 6 heteroatoms. The Labute approximate surface area is 131 Å². The lowest BCUT2D eigenvalue weighted by Crippen LogP contribution is -2.44. The van der Waals surface area contributed by atoms with Crippen LogP contribution in [-0.4, -0.2) is 60.7 Å². The summed E-state index contributed by atoms with van der Waals surface area (Å²) >= 11 is 0. The van der Waals surface area contributed by atoms with E-state index in [4.69, 9.17) is 4.52 Å². The van der Waals surface area contributed by atoms with Crippen LogP contribution in [0.25, 0.3) is 11.5 Å². The molecule has 0 bridgehead atoms. The summed E-state index contributed by atoms with van der Waals surface area (Å²) in [4.78, 5) is 9.00. The Morgan fingerprint density at radius 1 is 1.41 bits per heavy atom. The second kappa shape index (κ2) is 6.56. The van der Waals surface area contributed by atoms with Crippen LogP contribution in [0.3, 0.4) is 0 Å². The van der Waals surface area contributed by atoms with Crippen molar-refractivity contribution in [3.63, 3.8) is 0 Å². The lowest BCUT2D eigenvalue weighted by molar-refractivity contribution is 0.190. The number of hydrogen-bond donors (Lipinski definition) is 1. The van der Waals surface area contributed by atoms with E-state index in [-0.39, 0.29) is 6.04 Å². The van der Waals surface area contributed by atoms with Crippen molar-refractivity contribution in [2.45, 2.75) is 12.6 Å². The first-order valence-electron chi connectivity index (χ1n) is 7.62. The fraction of sp³-hybridized carbons (Fsp3) is 0.500. The predicted molar refractivity (Wildman–Crippen MR) is 85.4 cm³/mol. The highest BCUT2D eigenvalue weighted by Crippen LogP contribution is 2.23. The Hall–Kier alpha value is -1.76. The van der Waals surface area contributed by atoms with Crippen molar-refractivity contribution >= 4 is 0 Å². The minimum absolute atomic E-state index is 0.177. The molecule has 2 heterocycles. The molecule has 0 radical (unpaired) electrons. The van der Waals surface area contributed by atoms with Crippen molar-refractivity contribution in [1.29, 1.82) is 0 Å². The van der Waals surface area contributed by atoms with Crippen molar-refractivity contribution in [3.05, 3.63) is 35.7 Å².